The molecule has 0 saturated carbocycles. The molecule has 1 fully saturated rings. The fourth-order valence-electron chi connectivity index (χ4n) is 7.14. The van der Waals surface area contributed by atoms with Crippen molar-refractivity contribution in [3.8, 4) is 28.5 Å². The second-order valence-electron chi connectivity index (χ2n) is 13.0. The molecule has 5 aromatic rings. The third-order valence-electron chi connectivity index (χ3n) is 9.72. The number of hydrogen-bond donors (Lipinski definition) is 1. The first-order valence-electron chi connectivity index (χ1n) is 16.7. The van der Waals surface area contributed by atoms with Gasteiger partial charge in [0.25, 0.3) is 11.8 Å². The summed E-state index contributed by atoms with van der Waals surface area (Å²) in [5.41, 5.74) is 5.74. The third kappa shape index (κ3) is 5.97. The molecule has 3 aromatic carbocycles. The van der Waals surface area contributed by atoms with Crippen LogP contribution >= 0.6 is 0 Å². The second kappa shape index (κ2) is 13.0. The molecule has 1 saturated heterocycles. The molecule has 5 heterocycles. The molecule has 2 amide bonds. The number of aryl methyl sites for hydroxylation is 2. The lowest BCUT2D eigenvalue weighted by atomic mass is 9.92. The summed E-state index contributed by atoms with van der Waals surface area (Å²) in [6.07, 6.45) is 5.89. The van der Waals surface area contributed by atoms with E-state index >= 15 is 0 Å². The van der Waals surface area contributed by atoms with Gasteiger partial charge < -0.3 is 28.8 Å². The van der Waals surface area contributed by atoms with E-state index in [2.05, 4.69) is 28.2 Å². The van der Waals surface area contributed by atoms with Crippen LogP contribution in [0.5, 0.6) is 17.2 Å². The minimum atomic E-state index is -0.294. The van der Waals surface area contributed by atoms with E-state index in [-0.39, 0.29) is 30.4 Å². The molecule has 1 N–H and O–H groups in total. The molecule has 12 nitrogen and oxygen atoms in total. The normalized spacial score (nSPS) is 17.1. The zero-order valence-corrected chi connectivity index (χ0v) is 28.0. The first-order chi connectivity index (χ1) is 24.3. The Kier molecular flexibility index (Phi) is 8.25. The molecule has 0 unspecified atom stereocenters. The van der Waals surface area contributed by atoms with Gasteiger partial charge in [-0.05, 0) is 60.0 Å². The average Bonchev–Trinajstić information content (AvgIpc) is 3.88. The van der Waals surface area contributed by atoms with Crippen LogP contribution in [0, 0.1) is 0 Å². The van der Waals surface area contributed by atoms with Gasteiger partial charge in [-0.15, -0.1) is 0 Å². The Morgan fingerprint density at radius 1 is 0.920 bits per heavy atom. The van der Waals surface area contributed by atoms with E-state index in [9.17, 15) is 14.7 Å². The van der Waals surface area contributed by atoms with Gasteiger partial charge in [-0.25, -0.2) is 0 Å². The number of amides is 2. The number of hydrogen-bond acceptors (Lipinski definition) is 8. The number of phenolic OH excluding ortho intramolecular Hbond substituents is 1. The molecule has 12 heteroatoms. The number of benzene rings is 3. The van der Waals surface area contributed by atoms with E-state index in [1.165, 1.54) is 17.7 Å². The molecule has 1 atom stereocenters. The van der Waals surface area contributed by atoms with E-state index in [0.29, 0.717) is 65.0 Å². The second-order valence-corrected chi connectivity index (χ2v) is 13.0. The molecule has 0 spiro atoms. The first kappa shape index (κ1) is 31.7. The number of morpholine rings is 1. The van der Waals surface area contributed by atoms with Crippen molar-refractivity contribution >= 4 is 23.2 Å². The van der Waals surface area contributed by atoms with Crippen molar-refractivity contribution in [2.24, 2.45) is 14.1 Å². The molecular weight excluding hydrogens is 636 g/mol. The maximum Gasteiger partial charge on any atom is 0.264 e. The number of anilines is 2. The summed E-state index contributed by atoms with van der Waals surface area (Å²) in [5.74, 6) is 0.748. The molecule has 256 valence electrons. The van der Waals surface area contributed by atoms with E-state index in [0.717, 1.165) is 31.6 Å². The van der Waals surface area contributed by atoms with Gasteiger partial charge in [-0.3, -0.25) is 24.1 Å². The Balaban J connectivity index is 1.18. The minimum Gasteiger partial charge on any atom is -0.508 e. The van der Waals surface area contributed by atoms with E-state index in [1.54, 1.807) is 59.5 Å². The number of carbonyl (C=O) groups is 2. The molecule has 0 bridgehead atoms. The van der Waals surface area contributed by atoms with Crippen LogP contribution in [-0.4, -0.2) is 86.8 Å². The summed E-state index contributed by atoms with van der Waals surface area (Å²) < 4.78 is 20.7. The standard InChI is InChI=1S/C38H38N6O6/c1-40-20-27(37(46)44(30-19-39-41(2)22-30)28-7-9-31(45)10-8-28)16-34(40)32-17-35-36(50-24-49-35)18-33(32)38(47)43-21-26-6-4-3-5-25(26)15-29(43)23-42-11-13-48-14-12-42/h3-10,16-20,22,29,45H,11-15,21,23-24H2,1-2H3/t29-/m0/s1. The minimum absolute atomic E-state index is 0.0438. The van der Waals surface area contributed by atoms with E-state index in [1.807, 2.05) is 28.6 Å². The predicted molar refractivity (Wildman–Crippen MR) is 186 cm³/mol. The predicted octanol–water partition coefficient (Wildman–Crippen LogP) is 4.74. The number of ether oxygens (including phenoxy) is 3. The van der Waals surface area contributed by atoms with E-state index < -0.39 is 0 Å². The first-order valence-corrected chi connectivity index (χ1v) is 16.7. The zero-order valence-electron chi connectivity index (χ0n) is 28.0. The highest BCUT2D eigenvalue weighted by atomic mass is 16.7. The Bertz CT molecular complexity index is 2060. The maximum absolute atomic E-state index is 14.9. The van der Waals surface area contributed by atoms with Gasteiger partial charge in [0.1, 0.15) is 5.75 Å². The van der Waals surface area contributed by atoms with Gasteiger partial charge >= 0.3 is 0 Å². The highest BCUT2D eigenvalue weighted by molar-refractivity contribution is 6.11. The monoisotopic (exact) mass is 674 g/mol. The van der Waals surface area contributed by atoms with Crippen LogP contribution < -0.4 is 14.4 Å². The number of nitrogens with zero attached hydrogens (tertiary/aromatic N) is 6. The SMILES string of the molecule is Cn1cc(N(C(=O)c2cc(-c3cc4c(cc3C(=O)N3Cc5ccccc5C[C@H]3CN3CCOCC3)OCO4)n(C)c2)c2ccc(O)cc2)cn1. The fourth-order valence-corrected chi connectivity index (χ4v) is 7.14. The number of phenols is 1. The molecule has 3 aliphatic heterocycles. The molecule has 3 aliphatic rings. The van der Waals surface area contributed by atoms with Crippen LogP contribution in [0.2, 0.25) is 0 Å². The lowest BCUT2D eigenvalue weighted by Crippen LogP contribution is -2.52. The van der Waals surface area contributed by atoms with Crippen LogP contribution in [0.4, 0.5) is 11.4 Å². The number of carbonyl (C=O) groups excluding carboxylic acids is 2. The van der Waals surface area contributed by atoms with Crippen molar-refractivity contribution in [2.75, 3.05) is 44.5 Å². The molecule has 50 heavy (non-hydrogen) atoms. The van der Waals surface area contributed by atoms with Crippen molar-refractivity contribution in [3.05, 3.63) is 108 Å². The van der Waals surface area contributed by atoms with Gasteiger partial charge in [-0.2, -0.15) is 5.10 Å². The summed E-state index contributed by atoms with van der Waals surface area (Å²) in [6.45, 7) is 4.32. The Morgan fingerprint density at radius 3 is 2.40 bits per heavy atom. The highest BCUT2D eigenvalue weighted by Crippen LogP contribution is 2.41. The highest BCUT2D eigenvalue weighted by Gasteiger charge is 2.35. The lowest BCUT2D eigenvalue weighted by molar-refractivity contribution is 0.0193. The van der Waals surface area contributed by atoms with Gasteiger partial charge in [-0.1, -0.05) is 24.3 Å². The molecule has 2 aromatic heterocycles. The number of fused-ring (bicyclic) bond motifs is 2. The smallest absolute Gasteiger partial charge is 0.264 e. The quantitative estimate of drug-likeness (QED) is 0.264. The van der Waals surface area contributed by atoms with Crippen molar-refractivity contribution in [1.82, 2.24) is 24.1 Å². The Labute approximate surface area is 289 Å². The van der Waals surface area contributed by atoms with Gasteiger partial charge in [0.2, 0.25) is 6.79 Å². The van der Waals surface area contributed by atoms with Crippen molar-refractivity contribution in [2.45, 2.75) is 19.0 Å². The van der Waals surface area contributed by atoms with Gasteiger partial charge in [0.15, 0.2) is 11.5 Å². The summed E-state index contributed by atoms with van der Waals surface area (Å²) in [7, 11) is 3.65. The average molecular weight is 675 g/mol. The summed E-state index contributed by atoms with van der Waals surface area (Å²) in [5, 5.41) is 14.2. The third-order valence-corrected chi connectivity index (χ3v) is 9.72. The summed E-state index contributed by atoms with van der Waals surface area (Å²) in [6, 6.07) is 20.2. The zero-order chi connectivity index (χ0) is 34.4. The Morgan fingerprint density at radius 2 is 1.66 bits per heavy atom. The van der Waals surface area contributed by atoms with Crippen LogP contribution in [0.3, 0.4) is 0 Å². The topological polar surface area (TPSA) is 115 Å². The van der Waals surface area contributed by atoms with Crippen LogP contribution in [0.25, 0.3) is 11.3 Å². The molecule has 0 aliphatic carbocycles. The summed E-state index contributed by atoms with van der Waals surface area (Å²) in [4.78, 5) is 35.1. The van der Waals surface area contributed by atoms with Crippen molar-refractivity contribution in [3.63, 3.8) is 0 Å². The number of rotatable bonds is 7. The van der Waals surface area contributed by atoms with Crippen molar-refractivity contribution in [1.29, 1.82) is 0 Å². The number of aromatic nitrogens is 3. The van der Waals surface area contributed by atoms with E-state index in [4.69, 9.17) is 14.2 Å². The van der Waals surface area contributed by atoms with Gasteiger partial charge in [0, 0.05) is 75.7 Å². The molecule has 8 rings (SSSR count). The van der Waals surface area contributed by atoms with Crippen LogP contribution in [-0.2, 0) is 31.8 Å². The number of aromatic hydroxyl groups is 1. The maximum atomic E-state index is 14.9. The lowest BCUT2D eigenvalue weighted by Gasteiger charge is -2.40. The molecule has 0 radical (unpaired) electrons. The van der Waals surface area contributed by atoms with Crippen molar-refractivity contribution < 1.29 is 28.9 Å². The Hall–Kier alpha value is -5.59. The fraction of sp³-hybridized carbons (Fsp3) is 0.289. The molecular formula is C38H38N6O6. The summed E-state index contributed by atoms with van der Waals surface area (Å²) >= 11 is 0. The van der Waals surface area contributed by atoms with Crippen LogP contribution in [0.15, 0.2) is 85.3 Å². The van der Waals surface area contributed by atoms with Gasteiger partial charge in [0.05, 0.1) is 36.2 Å². The largest absolute Gasteiger partial charge is 0.508 e. The van der Waals surface area contributed by atoms with Crippen LogP contribution in [0.1, 0.15) is 31.8 Å².